The first-order chi connectivity index (χ1) is 14.4. The Morgan fingerprint density at radius 1 is 1.17 bits per heavy atom. The van der Waals surface area contributed by atoms with Gasteiger partial charge in [0.05, 0.1) is 12.3 Å². The van der Waals surface area contributed by atoms with Crippen LogP contribution in [0.3, 0.4) is 0 Å². The minimum absolute atomic E-state index is 0.137. The Hall–Kier alpha value is -2.97. The zero-order valence-corrected chi connectivity index (χ0v) is 17.6. The molecular weight excluding hydrogens is 427 g/mol. The maximum absolute atomic E-state index is 13.0. The fourth-order valence-corrected chi connectivity index (χ4v) is 3.50. The Morgan fingerprint density at radius 2 is 1.90 bits per heavy atom. The summed E-state index contributed by atoms with van der Waals surface area (Å²) >= 11 is 7.28. The summed E-state index contributed by atoms with van der Waals surface area (Å²) in [6.45, 7) is 0.182. The zero-order chi connectivity index (χ0) is 21.5. The molecule has 30 heavy (non-hydrogen) atoms. The minimum atomic E-state index is -0.388. The molecule has 0 radical (unpaired) electrons. The minimum Gasteiger partial charge on any atom is -0.345 e. The van der Waals surface area contributed by atoms with Gasteiger partial charge in [0.1, 0.15) is 5.82 Å². The van der Waals surface area contributed by atoms with Crippen LogP contribution in [0, 0.1) is 5.82 Å². The van der Waals surface area contributed by atoms with Gasteiger partial charge in [-0.05, 0) is 42.0 Å². The van der Waals surface area contributed by atoms with Crippen molar-refractivity contribution in [3.05, 3.63) is 82.4 Å². The number of Topliss-reactive ketones (excluding diaryl/α,β-unsaturated/α-hetero) is 1. The van der Waals surface area contributed by atoms with Crippen LogP contribution in [-0.2, 0) is 18.4 Å². The van der Waals surface area contributed by atoms with Crippen molar-refractivity contribution in [1.29, 1.82) is 0 Å². The molecule has 6 nitrogen and oxygen atoms in total. The number of amides is 1. The molecule has 1 N–H and O–H groups in total. The number of halogens is 2. The van der Waals surface area contributed by atoms with Gasteiger partial charge >= 0.3 is 0 Å². The summed E-state index contributed by atoms with van der Waals surface area (Å²) in [7, 11) is 1.76. The van der Waals surface area contributed by atoms with Gasteiger partial charge in [-0.15, -0.1) is 10.2 Å². The molecule has 0 fully saturated rings. The van der Waals surface area contributed by atoms with Crippen molar-refractivity contribution in [3.63, 3.8) is 0 Å². The van der Waals surface area contributed by atoms with Crippen molar-refractivity contribution in [2.75, 3.05) is 5.75 Å². The molecule has 3 rings (SSSR count). The van der Waals surface area contributed by atoms with Crippen molar-refractivity contribution in [3.8, 4) is 0 Å². The third-order valence-corrected chi connectivity index (χ3v) is 5.53. The van der Waals surface area contributed by atoms with Gasteiger partial charge in [0, 0.05) is 23.7 Å². The highest BCUT2D eigenvalue weighted by atomic mass is 35.5. The third-order valence-electron chi connectivity index (χ3n) is 4.16. The number of nitrogens with zero attached hydrogens (tertiary/aromatic N) is 3. The lowest BCUT2D eigenvalue weighted by Gasteiger charge is -2.05. The van der Waals surface area contributed by atoms with Crippen LogP contribution in [0.2, 0.25) is 5.02 Å². The van der Waals surface area contributed by atoms with Gasteiger partial charge < -0.3 is 9.88 Å². The number of nitrogens with one attached hydrogen (secondary N) is 1. The van der Waals surface area contributed by atoms with Crippen molar-refractivity contribution < 1.29 is 14.0 Å². The Bertz CT molecular complexity index is 1080. The molecule has 3 aromatic rings. The summed E-state index contributed by atoms with van der Waals surface area (Å²) in [4.78, 5) is 24.2. The van der Waals surface area contributed by atoms with E-state index in [0.717, 1.165) is 5.56 Å². The number of hydrogen-bond donors (Lipinski definition) is 1. The molecule has 0 aliphatic heterocycles. The maximum Gasteiger partial charge on any atom is 0.244 e. The number of rotatable bonds is 8. The number of ketones is 1. The van der Waals surface area contributed by atoms with Crippen LogP contribution in [0.1, 0.15) is 21.7 Å². The molecule has 0 atom stereocenters. The normalized spacial score (nSPS) is 11.0. The molecule has 1 aromatic heterocycles. The van der Waals surface area contributed by atoms with Crippen molar-refractivity contribution >= 4 is 41.1 Å². The SMILES string of the molecule is Cn1c(CNC(=O)C=Cc2ccccc2Cl)nnc1SCC(=O)c1ccc(F)cc1. The average Bonchev–Trinajstić information content (AvgIpc) is 3.10. The molecule has 0 unspecified atom stereocenters. The number of carbonyl (C=O) groups is 2. The van der Waals surface area contributed by atoms with E-state index < -0.39 is 0 Å². The molecule has 154 valence electrons. The monoisotopic (exact) mass is 444 g/mol. The summed E-state index contributed by atoms with van der Waals surface area (Å²) in [5, 5.41) is 11.9. The Morgan fingerprint density at radius 3 is 2.63 bits per heavy atom. The van der Waals surface area contributed by atoms with E-state index in [2.05, 4.69) is 15.5 Å². The standard InChI is InChI=1S/C21H18ClFN4O2S/c1-27-19(12-24-20(29)11-8-14-4-2-3-5-17(14)22)25-26-21(27)30-13-18(28)15-6-9-16(23)10-7-15/h2-11H,12-13H2,1H3,(H,24,29). The van der Waals surface area contributed by atoms with E-state index in [4.69, 9.17) is 11.6 Å². The molecule has 1 heterocycles. The van der Waals surface area contributed by atoms with E-state index in [1.54, 1.807) is 23.8 Å². The van der Waals surface area contributed by atoms with E-state index >= 15 is 0 Å². The van der Waals surface area contributed by atoms with E-state index in [9.17, 15) is 14.0 Å². The Kier molecular flexibility index (Phi) is 7.37. The highest BCUT2D eigenvalue weighted by Gasteiger charge is 2.13. The second kappa shape index (κ2) is 10.2. The molecule has 0 saturated heterocycles. The lowest BCUT2D eigenvalue weighted by molar-refractivity contribution is -0.116. The predicted octanol–water partition coefficient (Wildman–Crippen LogP) is 3.91. The second-order valence-corrected chi connectivity index (χ2v) is 7.60. The van der Waals surface area contributed by atoms with Crippen LogP contribution >= 0.6 is 23.4 Å². The molecule has 9 heteroatoms. The largest absolute Gasteiger partial charge is 0.345 e. The predicted molar refractivity (Wildman–Crippen MR) is 115 cm³/mol. The number of hydrogen-bond acceptors (Lipinski definition) is 5. The van der Waals surface area contributed by atoms with Crippen LogP contribution in [-0.4, -0.2) is 32.2 Å². The average molecular weight is 445 g/mol. The zero-order valence-electron chi connectivity index (χ0n) is 16.0. The third kappa shape index (κ3) is 5.77. The molecule has 0 aliphatic carbocycles. The topological polar surface area (TPSA) is 76.9 Å². The second-order valence-electron chi connectivity index (χ2n) is 6.25. The molecule has 0 saturated carbocycles. The summed E-state index contributed by atoms with van der Waals surface area (Å²) in [5.74, 6) is -0.127. The van der Waals surface area contributed by atoms with E-state index in [1.807, 2.05) is 18.2 Å². The van der Waals surface area contributed by atoms with Gasteiger partial charge in [-0.25, -0.2) is 4.39 Å². The van der Waals surface area contributed by atoms with Gasteiger partial charge in [0.25, 0.3) is 0 Å². The Balaban J connectivity index is 1.52. The Labute approximate surface area is 182 Å². The fourth-order valence-electron chi connectivity index (χ4n) is 2.47. The number of thioether (sulfide) groups is 1. The lowest BCUT2D eigenvalue weighted by Crippen LogP contribution is -2.22. The molecule has 2 aromatic carbocycles. The first kappa shape index (κ1) is 21.7. The fraction of sp³-hybridized carbons (Fsp3) is 0.143. The number of benzene rings is 2. The highest BCUT2D eigenvalue weighted by Crippen LogP contribution is 2.18. The van der Waals surface area contributed by atoms with E-state index in [1.165, 1.54) is 42.1 Å². The highest BCUT2D eigenvalue weighted by molar-refractivity contribution is 7.99. The van der Waals surface area contributed by atoms with Crippen LogP contribution < -0.4 is 5.32 Å². The van der Waals surface area contributed by atoms with Gasteiger partial charge in [0.2, 0.25) is 5.91 Å². The molecule has 0 aliphatic rings. The summed E-state index contributed by atoms with van der Waals surface area (Å²) < 4.78 is 14.7. The van der Waals surface area contributed by atoms with E-state index in [0.29, 0.717) is 21.6 Å². The van der Waals surface area contributed by atoms with Crippen molar-refractivity contribution in [2.45, 2.75) is 11.7 Å². The summed E-state index contributed by atoms with van der Waals surface area (Å²) in [6, 6.07) is 12.6. The van der Waals surface area contributed by atoms with Crippen LogP contribution in [0.5, 0.6) is 0 Å². The van der Waals surface area contributed by atoms with Crippen molar-refractivity contribution in [2.24, 2.45) is 7.05 Å². The van der Waals surface area contributed by atoms with Crippen LogP contribution in [0.15, 0.2) is 59.8 Å². The van der Waals surface area contributed by atoms with Gasteiger partial charge in [-0.2, -0.15) is 0 Å². The molecule has 0 bridgehead atoms. The molecular formula is C21H18ClFN4O2S. The van der Waals surface area contributed by atoms with E-state index in [-0.39, 0.29) is 29.8 Å². The smallest absolute Gasteiger partial charge is 0.244 e. The van der Waals surface area contributed by atoms with Crippen LogP contribution in [0.4, 0.5) is 4.39 Å². The summed E-state index contributed by atoms with van der Waals surface area (Å²) in [5.41, 5.74) is 1.18. The van der Waals surface area contributed by atoms with Crippen molar-refractivity contribution in [1.82, 2.24) is 20.1 Å². The first-order valence-corrected chi connectivity index (χ1v) is 10.3. The first-order valence-electron chi connectivity index (χ1n) is 8.94. The molecule has 0 spiro atoms. The molecule has 1 amide bonds. The summed E-state index contributed by atoms with van der Waals surface area (Å²) in [6.07, 6.45) is 3.03. The van der Waals surface area contributed by atoms with Gasteiger partial charge in [0.15, 0.2) is 16.8 Å². The van der Waals surface area contributed by atoms with Crippen LogP contribution in [0.25, 0.3) is 6.08 Å². The lowest BCUT2D eigenvalue weighted by atomic mass is 10.1. The van der Waals surface area contributed by atoms with Gasteiger partial charge in [-0.3, -0.25) is 9.59 Å². The number of carbonyl (C=O) groups excluding carboxylic acids is 2. The van der Waals surface area contributed by atoms with Gasteiger partial charge in [-0.1, -0.05) is 41.6 Å². The number of aromatic nitrogens is 3. The maximum atomic E-state index is 13.0. The quantitative estimate of drug-likeness (QED) is 0.324.